The molecule has 0 saturated carbocycles. The first kappa shape index (κ1) is 14.8. The highest BCUT2D eigenvalue weighted by Crippen LogP contribution is 2.26. The number of ether oxygens (including phenoxy) is 1. The Morgan fingerprint density at radius 2 is 2.05 bits per heavy atom. The third kappa shape index (κ3) is 2.92. The fraction of sp³-hybridized carbons (Fsp3) is 0.769. The van der Waals surface area contributed by atoms with Crippen LogP contribution in [0, 0.1) is 0 Å². The third-order valence-corrected chi connectivity index (χ3v) is 3.75. The van der Waals surface area contributed by atoms with E-state index in [1.165, 1.54) is 0 Å². The molecule has 2 aliphatic rings. The molecule has 0 aromatic carbocycles. The predicted molar refractivity (Wildman–Crippen MR) is 70.9 cm³/mol. The second-order valence-corrected chi connectivity index (χ2v) is 5.23. The fourth-order valence-corrected chi connectivity index (χ4v) is 2.52. The lowest BCUT2D eigenvalue weighted by atomic mass is 9.88. The summed E-state index contributed by atoms with van der Waals surface area (Å²) in [5.41, 5.74) is -0.827. The highest BCUT2D eigenvalue weighted by Gasteiger charge is 2.51. The summed E-state index contributed by atoms with van der Waals surface area (Å²) in [4.78, 5) is 36.9. The first-order valence-electron chi connectivity index (χ1n) is 7.09. The summed E-state index contributed by atoms with van der Waals surface area (Å²) in [5.74, 6) is -0.843. The molecule has 112 valence electrons. The number of nitrogens with one attached hydrogen (secondary N) is 2. The van der Waals surface area contributed by atoms with E-state index in [9.17, 15) is 14.4 Å². The van der Waals surface area contributed by atoms with E-state index in [-0.39, 0.29) is 12.5 Å². The minimum absolute atomic E-state index is 0.302. The van der Waals surface area contributed by atoms with Crippen LogP contribution < -0.4 is 10.6 Å². The minimum atomic E-state index is -0.827. The quantitative estimate of drug-likeness (QED) is 0.421. The maximum atomic E-state index is 12.4. The second kappa shape index (κ2) is 6.21. The lowest BCUT2D eigenvalue weighted by Crippen LogP contribution is -2.54. The molecule has 2 N–H and O–H groups in total. The molecule has 2 aliphatic heterocycles. The zero-order chi connectivity index (χ0) is 14.6. The minimum Gasteiger partial charge on any atom is -0.464 e. The van der Waals surface area contributed by atoms with Crippen molar-refractivity contribution in [1.82, 2.24) is 15.5 Å². The van der Waals surface area contributed by atoms with Gasteiger partial charge >= 0.3 is 12.0 Å². The molecule has 7 heteroatoms. The average Bonchev–Trinajstić information content (AvgIpc) is 2.65. The standard InChI is InChI=1S/C13H21N3O4/c1-2-3-8-20-10(17)9-16-11(18)13(15-12(16)19)4-6-14-7-5-13/h14H,2-9H2,1H3,(H,15,19). The van der Waals surface area contributed by atoms with Gasteiger partial charge in [0.25, 0.3) is 5.91 Å². The Hall–Kier alpha value is -1.63. The normalized spacial score (nSPS) is 21.1. The topological polar surface area (TPSA) is 87.7 Å². The number of esters is 1. The van der Waals surface area contributed by atoms with Gasteiger partial charge in [-0.05, 0) is 32.4 Å². The molecule has 2 rings (SSSR count). The van der Waals surface area contributed by atoms with Gasteiger partial charge in [0.05, 0.1) is 6.61 Å². The van der Waals surface area contributed by atoms with Crippen molar-refractivity contribution >= 4 is 17.9 Å². The summed E-state index contributed by atoms with van der Waals surface area (Å²) in [6.07, 6.45) is 2.81. The summed E-state index contributed by atoms with van der Waals surface area (Å²) >= 11 is 0. The van der Waals surface area contributed by atoms with Gasteiger partial charge in [-0.2, -0.15) is 0 Å². The van der Waals surface area contributed by atoms with Crippen LogP contribution in [0.5, 0.6) is 0 Å². The van der Waals surface area contributed by atoms with E-state index < -0.39 is 17.5 Å². The van der Waals surface area contributed by atoms with E-state index in [0.717, 1.165) is 17.7 Å². The van der Waals surface area contributed by atoms with Crippen molar-refractivity contribution < 1.29 is 19.1 Å². The van der Waals surface area contributed by atoms with Crippen LogP contribution >= 0.6 is 0 Å². The van der Waals surface area contributed by atoms with Gasteiger partial charge in [-0.15, -0.1) is 0 Å². The molecule has 7 nitrogen and oxygen atoms in total. The van der Waals surface area contributed by atoms with Crippen LogP contribution in [0.15, 0.2) is 0 Å². The number of hydrogen-bond acceptors (Lipinski definition) is 5. The molecular formula is C13H21N3O4. The molecule has 0 aromatic heterocycles. The lowest BCUT2D eigenvalue weighted by molar-refractivity contribution is -0.148. The van der Waals surface area contributed by atoms with Crippen LogP contribution in [-0.4, -0.2) is 54.6 Å². The molecule has 2 heterocycles. The van der Waals surface area contributed by atoms with Crippen molar-refractivity contribution in [3.8, 4) is 0 Å². The van der Waals surface area contributed by atoms with Gasteiger partial charge in [-0.25, -0.2) is 4.79 Å². The number of urea groups is 1. The SMILES string of the molecule is CCCCOC(=O)CN1C(=O)NC2(CCNCC2)C1=O. The number of amides is 3. The van der Waals surface area contributed by atoms with Gasteiger partial charge in [0.15, 0.2) is 0 Å². The van der Waals surface area contributed by atoms with Gasteiger partial charge in [0, 0.05) is 0 Å². The first-order chi connectivity index (χ1) is 9.59. The van der Waals surface area contributed by atoms with Gasteiger partial charge < -0.3 is 15.4 Å². The molecule has 0 unspecified atom stereocenters. The van der Waals surface area contributed by atoms with Crippen LogP contribution in [0.3, 0.4) is 0 Å². The molecule has 0 aromatic rings. The number of unbranched alkanes of at least 4 members (excludes halogenated alkanes) is 1. The van der Waals surface area contributed by atoms with Crippen molar-refractivity contribution in [3.63, 3.8) is 0 Å². The van der Waals surface area contributed by atoms with Gasteiger partial charge in [0.1, 0.15) is 12.1 Å². The molecule has 0 radical (unpaired) electrons. The van der Waals surface area contributed by atoms with Crippen molar-refractivity contribution in [3.05, 3.63) is 0 Å². The van der Waals surface area contributed by atoms with E-state index in [1.807, 2.05) is 6.92 Å². The Bertz CT molecular complexity index is 404. The summed E-state index contributed by atoms with van der Waals surface area (Å²) < 4.78 is 4.99. The first-order valence-corrected chi connectivity index (χ1v) is 7.09. The van der Waals surface area contributed by atoms with Gasteiger partial charge in [-0.3, -0.25) is 14.5 Å². The second-order valence-electron chi connectivity index (χ2n) is 5.23. The average molecular weight is 283 g/mol. The maximum absolute atomic E-state index is 12.4. The van der Waals surface area contributed by atoms with Crippen molar-refractivity contribution in [1.29, 1.82) is 0 Å². The third-order valence-electron chi connectivity index (χ3n) is 3.75. The predicted octanol–water partition coefficient (Wildman–Crippen LogP) is 0.00370. The van der Waals surface area contributed by atoms with Crippen LogP contribution in [-0.2, 0) is 14.3 Å². The maximum Gasteiger partial charge on any atom is 0.326 e. The van der Waals surface area contributed by atoms with E-state index in [0.29, 0.717) is 32.5 Å². The zero-order valence-electron chi connectivity index (χ0n) is 11.7. The van der Waals surface area contributed by atoms with Crippen LogP contribution in [0.4, 0.5) is 4.79 Å². The molecule has 0 bridgehead atoms. The molecular weight excluding hydrogens is 262 g/mol. The summed E-state index contributed by atoms with van der Waals surface area (Å²) in [6.45, 7) is 3.38. The number of rotatable bonds is 5. The van der Waals surface area contributed by atoms with E-state index in [1.54, 1.807) is 0 Å². The molecule has 2 fully saturated rings. The molecule has 0 atom stereocenters. The lowest BCUT2D eigenvalue weighted by Gasteiger charge is -2.30. The number of nitrogens with zero attached hydrogens (tertiary/aromatic N) is 1. The number of piperidine rings is 1. The summed E-state index contributed by atoms with van der Waals surface area (Å²) in [6, 6.07) is -0.496. The zero-order valence-corrected chi connectivity index (χ0v) is 11.7. The Morgan fingerprint density at radius 3 is 2.70 bits per heavy atom. The van der Waals surface area contributed by atoms with Crippen LogP contribution in [0.2, 0.25) is 0 Å². The summed E-state index contributed by atoms with van der Waals surface area (Å²) in [5, 5.41) is 5.88. The Morgan fingerprint density at radius 1 is 1.35 bits per heavy atom. The molecule has 1 spiro atoms. The van der Waals surface area contributed by atoms with Crippen molar-refractivity contribution in [2.45, 2.75) is 38.1 Å². The number of imide groups is 1. The Kier molecular flexibility index (Phi) is 4.59. The molecule has 20 heavy (non-hydrogen) atoms. The Balaban J connectivity index is 1.93. The van der Waals surface area contributed by atoms with Crippen molar-refractivity contribution in [2.24, 2.45) is 0 Å². The smallest absolute Gasteiger partial charge is 0.326 e. The van der Waals surface area contributed by atoms with Gasteiger partial charge in [0.2, 0.25) is 0 Å². The number of carbonyl (C=O) groups is 3. The molecule has 2 saturated heterocycles. The molecule has 0 aliphatic carbocycles. The van der Waals surface area contributed by atoms with Crippen LogP contribution in [0.1, 0.15) is 32.6 Å². The highest BCUT2D eigenvalue weighted by atomic mass is 16.5. The molecule has 3 amide bonds. The van der Waals surface area contributed by atoms with E-state index in [2.05, 4.69) is 10.6 Å². The fourth-order valence-electron chi connectivity index (χ4n) is 2.52. The van der Waals surface area contributed by atoms with Crippen LogP contribution in [0.25, 0.3) is 0 Å². The van der Waals surface area contributed by atoms with Crippen molar-refractivity contribution in [2.75, 3.05) is 26.2 Å². The van der Waals surface area contributed by atoms with E-state index >= 15 is 0 Å². The monoisotopic (exact) mass is 283 g/mol. The highest BCUT2D eigenvalue weighted by molar-refractivity contribution is 6.08. The number of hydrogen-bond donors (Lipinski definition) is 2. The largest absolute Gasteiger partial charge is 0.464 e. The number of carbonyl (C=O) groups excluding carboxylic acids is 3. The van der Waals surface area contributed by atoms with E-state index in [4.69, 9.17) is 4.74 Å². The Labute approximate surface area is 118 Å². The summed E-state index contributed by atoms with van der Waals surface area (Å²) in [7, 11) is 0. The van der Waals surface area contributed by atoms with Gasteiger partial charge in [-0.1, -0.05) is 13.3 Å².